The van der Waals surface area contributed by atoms with E-state index in [1.54, 1.807) is 0 Å². The Morgan fingerprint density at radius 2 is 0.912 bits per heavy atom. The molecule has 0 spiro atoms. The molecular formula is C30H20ClNO2. The first kappa shape index (κ1) is 19.7. The number of anilines is 1. The molecule has 4 aromatic rings. The molecular weight excluding hydrogens is 442 g/mol. The first-order chi connectivity index (χ1) is 16.6. The molecule has 1 saturated heterocycles. The molecule has 0 saturated carbocycles. The Labute approximate surface area is 202 Å². The van der Waals surface area contributed by atoms with Crippen molar-refractivity contribution >= 4 is 29.1 Å². The first-order valence-corrected chi connectivity index (χ1v) is 11.9. The molecule has 8 rings (SSSR count). The second-order valence-corrected chi connectivity index (χ2v) is 9.77. The lowest BCUT2D eigenvalue weighted by atomic mass is 9.55. The van der Waals surface area contributed by atoms with Crippen LogP contribution in [0.5, 0.6) is 0 Å². The van der Waals surface area contributed by atoms with Crippen LogP contribution in [-0.4, -0.2) is 11.8 Å². The van der Waals surface area contributed by atoms with Gasteiger partial charge in [0.2, 0.25) is 11.8 Å². The number of hydrogen-bond donors (Lipinski definition) is 0. The van der Waals surface area contributed by atoms with Gasteiger partial charge in [0, 0.05) is 16.9 Å². The topological polar surface area (TPSA) is 37.4 Å². The summed E-state index contributed by atoms with van der Waals surface area (Å²) in [6, 6.07) is 31.9. The lowest BCUT2D eigenvalue weighted by molar-refractivity contribution is -0.122. The first-order valence-electron chi connectivity index (χ1n) is 11.5. The van der Waals surface area contributed by atoms with Gasteiger partial charge in [0.15, 0.2) is 0 Å². The molecule has 3 aliphatic carbocycles. The number of benzene rings is 4. The average Bonchev–Trinajstić information content (AvgIpc) is 3.15. The number of imide groups is 1. The van der Waals surface area contributed by atoms with Gasteiger partial charge in [-0.15, -0.1) is 0 Å². The number of carbonyl (C=O) groups excluding carboxylic acids is 2. The Hall–Kier alpha value is -3.69. The zero-order valence-electron chi connectivity index (χ0n) is 18.2. The average molecular weight is 462 g/mol. The van der Waals surface area contributed by atoms with Crippen LogP contribution < -0.4 is 4.90 Å². The third kappa shape index (κ3) is 2.59. The Kier molecular flexibility index (Phi) is 4.15. The maximum atomic E-state index is 13.8. The predicted octanol–water partition coefficient (Wildman–Crippen LogP) is 6.40. The molecule has 3 nitrogen and oxygen atoms in total. The Bertz CT molecular complexity index is 1360. The molecule has 164 valence electrons. The monoisotopic (exact) mass is 461 g/mol. The molecule has 0 N–H and O–H groups in total. The van der Waals surface area contributed by atoms with Crippen LogP contribution in [0.15, 0.2) is 97.1 Å². The molecule has 2 bridgehead atoms. The highest BCUT2D eigenvalue weighted by atomic mass is 35.5. The molecule has 1 aliphatic heterocycles. The fourth-order valence-corrected chi connectivity index (χ4v) is 6.50. The zero-order valence-corrected chi connectivity index (χ0v) is 18.9. The van der Waals surface area contributed by atoms with Gasteiger partial charge >= 0.3 is 0 Å². The lowest BCUT2D eigenvalue weighted by Crippen LogP contribution is -2.41. The summed E-state index contributed by atoms with van der Waals surface area (Å²) in [5.41, 5.74) is 7.43. The van der Waals surface area contributed by atoms with Crippen LogP contribution in [0, 0.1) is 11.8 Å². The van der Waals surface area contributed by atoms with Crippen LogP contribution in [0.3, 0.4) is 0 Å². The van der Waals surface area contributed by atoms with Gasteiger partial charge in [-0.05, 0) is 57.6 Å². The van der Waals surface area contributed by atoms with Gasteiger partial charge in [0.1, 0.15) is 0 Å². The van der Waals surface area contributed by atoms with E-state index in [1.807, 2.05) is 72.8 Å². The molecule has 0 aromatic heterocycles. The molecule has 0 unspecified atom stereocenters. The predicted molar refractivity (Wildman–Crippen MR) is 133 cm³/mol. The van der Waals surface area contributed by atoms with Gasteiger partial charge in [-0.3, -0.25) is 9.59 Å². The van der Waals surface area contributed by atoms with E-state index in [-0.39, 0.29) is 35.5 Å². The number of carbonyl (C=O) groups is 2. The zero-order chi connectivity index (χ0) is 23.0. The molecule has 0 radical (unpaired) electrons. The summed E-state index contributed by atoms with van der Waals surface area (Å²) in [6.45, 7) is 0. The molecule has 1 heterocycles. The van der Waals surface area contributed by atoms with Crippen LogP contribution in [0.1, 0.15) is 34.1 Å². The van der Waals surface area contributed by atoms with Gasteiger partial charge in [0.05, 0.1) is 17.5 Å². The van der Waals surface area contributed by atoms with Crippen LogP contribution in [0.4, 0.5) is 5.69 Å². The fraction of sp³-hybridized carbons (Fsp3) is 0.133. The maximum Gasteiger partial charge on any atom is 0.238 e. The SMILES string of the molecule is O=C1[C@@H]2C3c4ccccc4C(c4ccccc43)[C@@H]2C(=O)N1c1ccc(-c2ccc(Cl)cc2)cc1. The third-order valence-electron chi connectivity index (χ3n) is 7.75. The van der Waals surface area contributed by atoms with Gasteiger partial charge in [-0.1, -0.05) is 84.4 Å². The van der Waals surface area contributed by atoms with E-state index in [1.165, 1.54) is 27.2 Å². The van der Waals surface area contributed by atoms with Crippen molar-refractivity contribution in [3.63, 3.8) is 0 Å². The van der Waals surface area contributed by atoms with Crippen molar-refractivity contribution in [2.75, 3.05) is 4.90 Å². The molecule has 4 aliphatic rings. The van der Waals surface area contributed by atoms with Crippen molar-refractivity contribution in [2.24, 2.45) is 11.8 Å². The van der Waals surface area contributed by atoms with Crippen molar-refractivity contribution in [3.05, 3.63) is 124 Å². The van der Waals surface area contributed by atoms with E-state index in [0.29, 0.717) is 10.7 Å². The Balaban J connectivity index is 1.31. The number of rotatable bonds is 2. The minimum atomic E-state index is -0.363. The summed E-state index contributed by atoms with van der Waals surface area (Å²) in [4.78, 5) is 29.1. The van der Waals surface area contributed by atoms with E-state index in [9.17, 15) is 9.59 Å². The van der Waals surface area contributed by atoms with E-state index in [2.05, 4.69) is 24.3 Å². The highest BCUT2D eigenvalue weighted by Gasteiger charge is 2.61. The summed E-state index contributed by atoms with van der Waals surface area (Å²) in [7, 11) is 0. The lowest BCUT2D eigenvalue weighted by Gasteiger charge is -2.45. The number of amides is 2. The van der Waals surface area contributed by atoms with Crippen molar-refractivity contribution in [1.29, 1.82) is 0 Å². The summed E-state index contributed by atoms with van der Waals surface area (Å²) in [5, 5.41) is 0.688. The second kappa shape index (κ2) is 7.15. The largest absolute Gasteiger partial charge is 0.274 e. The van der Waals surface area contributed by atoms with Crippen LogP contribution >= 0.6 is 11.6 Å². The highest BCUT2D eigenvalue weighted by molar-refractivity contribution is 6.30. The minimum absolute atomic E-state index is 0.0859. The van der Waals surface area contributed by atoms with Crippen molar-refractivity contribution in [3.8, 4) is 11.1 Å². The number of nitrogens with zero attached hydrogens (tertiary/aromatic N) is 1. The minimum Gasteiger partial charge on any atom is -0.274 e. The molecule has 4 aromatic carbocycles. The van der Waals surface area contributed by atoms with Crippen molar-refractivity contribution in [1.82, 2.24) is 0 Å². The van der Waals surface area contributed by atoms with E-state index >= 15 is 0 Å². The summed E-state index contributed by atoms with van der Waals surface area (Å²) < 4.78 is 0. The summed E-state index contributed by atoms with van der Waals surface area (Å²) in [5.74, 6) is -1.08. The smallest absolute Gasteiger partial charge is 0.238 e. The van der Waals surface area contributed by atoms with E-state index in [0.717, 1.165) is 11.1 Å². The Morgan fingerprint density at radius 1 is 0.529 bits per heavy atom. The van der Waals surface area contributed by atoms with Gasteiger partial charge in [-0.2, -0.15) is 0 Å². The van der Waals surface area contributed by atoms with Gasteiger partial charge in [-0.25, -0.2) is 4.90 Å². The standard InChI is InChI=1S/C30H20ClNO2/c31-19-13-9-17(10-14-19)18-11-15-20(16-12-18)32-29(33)27-25-21-5-1-2-6-22(21)26(28(27)30(32)34)24-8-4-3-7-23(24)25/h1-16,25-28H/t25?,26?,27-,28+. The summed E-state index contributed by atoms with van der Waals surface area (Å²) >= 11 is 6.02. The molecule has 1 fully saturated rings. The molecule has 34 heavy (non-hydrogen) atoms. The molecule has 4 heteroatoms. The maximum absolute atomic E-state index is 13.8. The van der Waals surface area contributed by atoms with E-state index in [4.69, 9.17) is 11.6 Å². The van der Waals surface area contributed by atoms with Crippen molar-refractivity contribution < 1.29 is 9.59 Å². The van der Waals surface area contributed by atoms with Gasteiger partial charge in [0.25, 0.3) is 0 Å². The highest BCUT2D eigenvalue weighted by Crippen LogP contribution is 2.61. The third-order valence-corrected chi connectivity index (χ3v) is 8.00. The molecule has 2 atom stereocenters. The number of halogens is 1. The van der Waals surface area contributed by atoms with Gasteiger partial charge < -0.3 is 0 Å². The van der Waals surface area contributed by atoms with Crippen LogP contribution in [-0.2, 0) is 9.59 Å². The van der Waals surface area contributed by atoms with E-state index < -0.39 is 0 Å². The molecule has 2 amide bonds. The van der Waals surface area contributed by atoms with Crippen LogP contribution in [0.25, 0.3) is 11.1 Å². The normalized spacial score (nSPS) is 24.1. The van der Waals surface area contributed by atoms with Crippen molar-refractivity contribution in [2.45, 2.75) is 11.8 Å². The second-order valence-electron chi connectivity index (χ2n) is 9.33. The van der Waals surface area contributed by atoms with Crippen LogP contribution in [0.2, 0.25) is 5.02 Å². The Morgan fingerprint density at radius 3 is 1.32 bits per heavy atom. The quantitative estimate of drug-likeness (QED) is 0.324. The fourth-order valence-electron chi connectivity index (χ4n) is 6.38. The number of hydrogen-bond acceptors (Lipinski definition) is 2. The summed E-state index contributed by atoms with van der Waals surface area (Å²) in [6.07, 6.45) is 0.